The van der Waals surface area contributed by atoms with Crippen LogP contribution in [0.15, 0.2) is 16.0 Å². The minimum atomic E-state index is -0.221. The topological polar surface area (TPSA) is 81.9 Å². The first-order valence-electron chi connectivity index (χ1n) is 8.46. The van der Waals surface area contributed by atoms with Crippen LogP contribution >= 0.6 is 11.8 Å². The van der Waals surface area contributed by atoms with Crippen molar-refractivity contribution < 1.29 is 9.53 Å². The largest absolute Gasteiger partial charge is 0.383 e. The van der Waals surface area contributed by atoms with E-state index >= 15 is 0 Å². The Hall–Kier alpha value is -1.80. The van der Waals surface area contributed by atoms with E-state index in [1.165, 1.54) is 11.8 Å². The number of ketones is 1. The predicted octanol–water partition coefficient (Wildman–Crippen LogP) is 2.41. The lowest BCUT2D eigenvalue weighted by atomic mass is 10.2. The van der Waals surface area contributed by atoms with Gasteiger partial charge >= 0.3 is 5.69 Å². The molecule has 0 fully saturated rings. The fraction of sp³-hybridized carbons (Fsp3) is 0.588. The zero-order valence-electron chi connectivity index (χ0n) is 15.3. The number of unbranched alkanes of at least 4 members (excludes halogenated alkanes) is 1. The molecule has 2 rings (SSSR count). The van der Waals surface area contributed by atoms with Gasteiger partial charge in [-0.15, -0.1) is 5.10 Å². The second-order valence-electron chi connectivity index (χ2n) is 5.96. The van der Waals surface area contributed by atoms with E-state index in [0.29, 0.717) is 18.3 Å². The van der Waals surface area contributed by atoms with Crippen molar-refractivity contribution in [3.05, 3.63) is 33.5 Å². The Labute approximate surface area is 151 Å². The highest BCUT2D eigenvalue weighted by molar-refractivity contribution is 7.99. The van der Waals surface area contributed by atoms with Gasteiger partial charge in [-0.1, -0.05) is 25.1 Å². The Morgan fingerprint density at radius 3 is 2.76 bits per heavy atom. The molecule has 2 aromatic rings. The molecule has 0 saturated heterocycles. The van der Waals surface area contributed by atoms with Crippen molar-refractivity contribution in [1.29, 1.82) is 0 Å². The van der Waals surface area contributed by atoms with Gasteiger partial charge in [0, 0.05) is 37.2 Å². The van der Waals surface area contributed by atoms with Crippen LogP contribution in [-0.4, -0.2) is 44.6 Å². The Balaban J connectivity index is 2.07. The number of ether oxygens (including phenoxy) is 1. The van der Waals surface area contributed by atoms with E-state index < -0.39 is 0 Å². The molecule has 2 heterocycles. The van der Waals surface area contributed by atoms with Gasteiger partial charge in [-0.25, -0.2) is 9.89 Å². The summed E-state index contributed by atoms with van der Waals surface area (Å²) in [5.41, 5.74) is 2.49. The molecular weight excluding hydrogens is 340 g/mol. The van der Waals surface area contributed by atoms with Crippen molar-refractivity contribution in [3.63, 3.8) is 0 Å². The lowest BCUT2D eigenvalue weighted by Gasteiger charge is -2.08. The van der Waals surface area contributed by atoms with Crippen LogP contribution in [-0.2, 0) is 17.8 Å². The highest BCUT2D eigenvalue weighted by atomic mass is 32.2. The van der Waals surface area contributed by atoms with Crippen LogP contribution in [0.2, 0.25) is 0 Å². The second-order valence-corrected chi connectivity index (χ2v) is 6.90. The van der Waals surface area contributed by atoms with E-state index in [9.17, 15) is 9.59 Å². The van der Waals surface area contributed by atoms with Crippen molar-refractivity contribution in [2.24, 2.45) is 0 Å². The van der Waals surface area contributed by atoms with Crippen LogP contribution in [0.4, 0.5) is 0 Å². The Kier molecular flexibility index (Phi) is 7.07. The van der Waals surface area contributed by atoms with E-state index in [-0.39, 0.29) is 17.2 Å². The number of thioether (sulfide) groups is 1. The quantitative estimate of drug-likeness (QED) is 0.516. The number of hydrogen-bond donors (Lipinski definition) is 1. The van der Waals surface area contributed by atoms with Crippen molar-refractivity contribution >= 4 is 17.5 Å². The van der Waals surface area contributed by atoms with Crippen LogP contribution in [0.5, 0.6) is 0 Å². The number of Topliss-reactive ketones (excluding diaryl/α,β-unsaturated/α-hetero) is 1. The number of rotatable bonds is 10. The van der Waals surface area contributed by atoms with Crippen LogP contribution < -0.4 is 5.69 Å². The average molecular weight is 366 g/mol. The molecule has 2 aromatic heterocycles. The number of carbonyl (C=O) groups excluding carboxylic acids is 1. The van der Waals surface area contributed by atoms with Gasteiger partial charge in [0.05, 0.1) is 12.4 Å². The molecule has 0 bridgehead atoms. The fourth-order valence-electron chi connectivity index (χ4n) is 2.74. The minimum Gasteiger partial charge on any atom is -0.383 e. The standard InChI is InChI=1S/C17H26N4O3S/c1-5-6-7-21-16(23)18-19-17(21)25-11-15(22)14-10-12(2)20(13(14)3)8-9-24-4/h10H,5-9,11H2,1-4H3,(H,18,23). The number of H-pyrrole nitrogens is 1. The third kappa shape index (κ3) is 4.64. The van der Waals surface area contributed by atoms with E-state index in [1.54, 1.807) is 11.7 Å². The molecule has 0 aliphatic carbocycles. The third-order valence-electron chi connectivity index (χ3n) is 4.18. The summed E-state index contributed by atoms with van der Waals surface area (Å²) in [5, 5.41) is 7.07. The molecule has 0 aromatic carbocycles. The van der Waals surface area contributed by atoms with Gasteiger partial charge in [0.2, 0.25) is 0 Å². The van der Waals surface area contributed by atoms with Crippen LogP contribution in [0.1, 0.15) is 41.5 Å². The monoisotopic (exact) mass is 366 g/mol. The van der Waals surface area contributed by atoms with Crippen LogP contribution in [0, 0.1) is 13.8 Å². The first-order valence-corrected chi connectivity index (χ1v) is 9.45. The van der Waals surface area contributed by atoms with Gasteiger partial charge in [-0.2, -0.15) is 0 Å². The van der Waals surface area contributed by atoms with Crippen LogP contribution in [0.3, 0.4) is 0 Å². The summed E-state index contributed by atoms with van der Waals surface area (Å²) in [4.78, 5) is 24.4. The van der Waals surface area contributed by atoms with Gasteiger partial charge in [0.1, 0.15) is 0 Å². The van der Waals surface area contributed by atoms with Gasteiger partial charge in [-0.05, 0) is 26.3 Å². The first kappa shape index (κ1) is 19.5. The van der Waals surface area contributed by atoms with Crippen LogP contribution in [0.25, 0.3) is 0 Å². The molecule has 0 unspecified atom stereocenters. The molecule has 0 saturated carbocycles. The molecule has 0 aliphatic heterocycles. The number of aromatic nitrogens is 4. The van der Waals surface area contributed by atoms with Gasteiger partial charge in [0.15, 0.2) is 10.9 Å². The number of methoxy groups -OCH3 is 1. The lowest BCUT2D eigenvalue weighted by Crippen LogP contribution is -2.18. The summed E-state index contributed by atoms with van der Waals surface area (Å²) in [6.07, 6.45) is 1.90. The van der Waals surface area contributed by atoms with E-state index in [4.69, 9.17) is 4.74 Å². The summed E-state index contributed by atoms with van der Waals surface area (Å²) >= 11 is 1.30. The van der Waals surface area contributed by atoms with E-state index in [0.717, 1.165) is 36.3 Å². The normalized spacial score (nSPS) is 11.2. The minimum absolute atomic E-state index is 0.0410. The number of nitrogens with zero attached hydrogens (tertiary/aromatic N) is 3. The molecule has 0 amide bonds. The molecule has 0 atom stereocenters. The van der Waals surface area contributed by atoms with Crippen molar-refractivity contribution in [1.82, 2.24) is 19.3 Å². The maximum absolute atomic E-state index is 12.6. The van der Waals surface area contributed by atoms with Crippen molar-refractivity contribution in [2.45, 2.75) is 51.9 Å². The maximum atomic E-state index is 12.6. The molecule has 0 radical (unpaired) electrons. The fourth-order valence-corrected chi connectivity index (χ4v) is 3.60. The number of hydrogen-bond acceptors (Lipinski definition) is 5. The Morgan fingerprint density at radius 2 is 2.08 bits per heavy atom. The highest BCUT2D eigenvalue weighted by Gasteiger charge is 2.17. The molecule has 1 N–H and O–H groups in total. The molecule has 8 heteroatoms. The molecule has 0 aliphatic rings. The zero-order chi connectivity index (χ0) is 18.4. The summed E-state index contributed by atoms with van der Waals surface area (Å²) < 4.78 is 8.82. The highest BCUT2D eigenvalue weighted by Crippen LogP contribution is 2.20. The summed E-state index contributed by atoms with van der Waals surface area (Å²) in [5.74, 6) is 0.296. The lowest BCUT2D eigenvalue weighted by molar-refractivity contribution is 0.102. The number of carbonyl (C=O) groups is 1. The Bertz CT molecular complexity index is 775. The van der Waals surface area contributed by atoms with Gasteiger partial charge in [0.25, 0.3) is 0 Å². The van der Waals surface area contributed by atoms with Gasteiger partial charge < -0.3 is 9.30 Å². The summed E-state index contributed by atoms with van der Waals surface area (Å²) in [6.45, 7) is 7.96. The molecule has 25 heavy (non-hydrogen) atoms. The van der Waals surface area contributed by atoms with E-state index in [1.807, 2.05) is 19.9 Å². The number of nitrogens with one attached hydrogen (secondary N) is 1. The molecule has 138 valence electrons. The van der Waals surface area contributed by atoms with Crippen molar-refractivity contribution in [2.75, 3.05) is 19.5 Å². The molecular formula is C17H26N4O3S. The SMILES string of the molecule is CCCCn1c(SCC(=O)c2cc(C)n(CCOC)c2C)n[nH]c1=O. The van der Waals surface area contributed by atoms with Crippen molar-refractivity contribution in [3.8, 4) is 0 Å². The smallest absolute Gasteiger partial charge is 0.343 e. The van der Waals surface area contributed by atoms with Gasteiger partial charge in [-0.3, -0.25) is 9.36 Å². The molecule has 7 nitrogen and oxygen atoms in total. The Morgan fingerprint density at radius 1 is 1.32 bits per heavy atom. The zero-order valence-corrected chi connectivity index (χ0v) is 16.1. The molecule has 0 spiro atoms. The third-order valence-corrected chi connectivity index (χ3v) is 5.16. The average Bonchev–Trinajstić information content (AvgIpc) is 3.08. The first-order chi connectivity index (χ1) is 12.0. The number of aromatic amines is 1. The predicted molar refractivity (Wildman–Crippen MR) is 98.6 cm³/mol. The van der Waals surface area contributed by atoms with E-state index in [2.05, 4.69) is 21.7 Å². The summed E-state index contributed by atoms with van der Waals surface area (Å²) in [6, 6.07) is 1.92. The summed E-state index contributed by atoms with van der Waals surface area (Å²) in [7, 11) is 1.67. The maximum Gasteiger partial charge on any atom is 0.343 e. The number of aryl methyl sites for hydroxylation is 1. The second kappa shape index (κ2) is 9.05.